The van der Waals surface area contributed by atoms with Crippen molar-refractivity contribution in [2.75, 3.05) is 6.54 Å². The minimum atomic E-state index is -0.619. The van der Waals surface area contributed by atoms with Crippen LogP contribution in [-0.4, -0.2) is 35.2 Å². The van der Waals surface area contributed by atoms with Crippen molar-refractivity contribution in [3.8, 4) is 0 Å². The van der Waals surface area contributed by atoms with Gasteiger partial charge in [0.25, 0.3) is 5.91 Å². The number of amides is 1. The summed E-state index contributed by atoms with van der Waals surface area (Å²) in [5.41, 5.74) is 6.48. The minimum absolute atomic E-state index is 0.123. The molecule has 1 saturated heterocycles. The molecule has 2 heterocycles. The Morgan fingerprint density at radius 1 is 1.21 bits per heavy atom. The van der Waals surface area contributed by atoms with Crippen molar-refractivity contribution in [3.05, 3.63) is 58.3 Å². The minimum Gasteiger partial charge on any atom is -0.380 e. The molecule has 1 amide bonds. The van der Waals surface area contributed by atoms with Gasteiger partial charge in [0.2, 0.25) is 0 Å². The Hall–Kier alpha value is -2.67. The first-order chi connectivity index (χ1) is 11.7. The van der Waals surface area contributed by atoms with E-state index >= 15 is 0 Å². The van der Waals surface area contributed by atoms with Gasteiger partial charge >= 0.3 is 5.97 Å². The van der Waals surface area contributed by atoms with E-state index in [1.165, 1.54) is 11.3 Å². The van der Waals surface area contributed by atoms with E-state index in [2.05, 4.69) is 5.16 Å². The number of thiophene rings is 1. The van der Waals surface area contributed by atoms with Crippen molar-refractivity contribution in [2.24, 2.45) is 10.9 Å². The summed E-state index contributed by atoms with van der Waals surface area (Å²) >= 11 is 1.36. The third-order valence-corrected chi connectivity index (χ3v) is 4.68. The third kappa shape index (κ3) is 3.46. The summed E-state index contributed by atoms with van der Waals surface area (Å²) in [5.74, 6) is -0.584. The summed E-state index contributed by atoms with van der Waals surface area (Å²) in [4.78, 5) is 31.9. The fourth-order valence-corrected chi connectivity index (χ4v) is 3.29. The van der Waals surface area contributed by atoms with Crippen molar-refractivity contribution in [2.45, 2.75) is 18.9 Å². The van der Waals surface area contributed by atoms with Gasteiger partial charge in [-0.25, -0.2) is 4.79 Å². The van der Waals surface area contributed by atoms with E-state index in [-0.39, 0.29) is 11.7 Å². The number of hydrogen-bond donors (Lipinski definition) is 1. The van der Waals surface area contributed by atoms with Crippen molar-refractivity contribution >= 4 is 29.0 Å². The van der Waals surface area contributed by atoms with Crippen molar-refractivity contribution in [1.82, 2.24) is 4.90 Å². The van der Waals surface area contributed by atoms with Crippen LogP contribution in [0.15, 0.2) is 53.0 Å². The zero-order chi connectivity index (χ0) is 16.9. The molecule has 124 valence electrons. The van der Waals surface area contributed by atoms with Crippen LogP contribution >= 0.6 is 11.3 Å². The van der Waals surface area contributed by atoms with Gasteiger partial charge in [-0.3, -0.25) is 4.79 Å². The number of amidine groups is 1. The standard InChI is InChI=1S/C17H17N3O3S/c18-15(12-6-2-1-3-7-12)19-23-17(22)13-8-4-10-20(13)16(21)14-9-5-11-24-14/h1-3,5-7,9,11,13H,4,8,10H2,(H2,18,19). The Morgan fingerprint density at radius 2 is 2.00 bits per heavy atom. The molecule has 2 aromatic rings. The molecule has 0 spiro atoms. The molecule has 6 nitrogen and oxygen atoms in total. The smallest absolute Gasteiger partial charge is 0.357 e. The highest BCUT2D eigenvalue weighted by atomic mass is 32.1. The number of likely N-dealkylation sites (tertiary alicyclic amines) is 1. The largest absolute Gasteiger partial charge is 0.380 e. The maximum absolute atomic E-state index is 12.5. The zero-order valence-corrected chi connectivity index (χ0v) is 13.7. The Balaban J connectivity index is 1.67. The van der Waals surface area contributed by atoms with Gasteiger partial charge in [-0.05, 0) is 24.3 Å². The summed E-state index contributed by atoms with van der Waals surface area (Å²) in [6.07, 6.45) is 1.32. The van der Waals surface area contributed by atoms with E-state index in [4.69, 9.17) is 10.6 Å². The maximum Gasteiger partial charge on any atom is 0.357 e. The van der Waals surface area contributed by atoms with Gasteiger partial charge in [0, 0.05) is 12.1 Å². The number of rotatable bonds is 4. The van der Waals surface area contributed by atoms with Crippen LogP contribution in [0.25, 0.3) is 0 Å². The quantitative estimate of drug-likeness (QED) is 0.399. The molecular weight excluding hydrogens is 326 g/mol. The second kappa shape index (κ2) is 7.27. The van der Waals surface area contributed by atoms with E-state index in [9.17, 15) is 9.59 Å². The first kappa shape index (κ1) is 16.2. The molecule has 24 heavy (non-hydrogen) atoms. The van der Waals surface area contributed by atoms with E-state index in [1.807, 2.05) is 29.6 Å². The number of hydrogen-bond acceptors (Lipinski definition) is 5. The second-order valence-electron chi connectivity index (χ2n) is 5.39. The van der Waals surface area contributed by atoms with Gasteiger partial charge in [0.1, 0.15) is 6.04 Å². The predicted octanol–water partition coefficient (Wildman–Crippen LogP) is 2.22. The number of nitrogens with zero attached hydrogens (tertiary/aromatic N) is 2. The molecule has 1 aliphatic rings. The summed E-state index contributed by atoms with van der Waals surface area (Å²) in [7, 11) is 0. The monoisotopic (exact) mass is 343 g/mol. The highest BCUT2D eigenvalue weighted by molar-refractivity contribution is 7.12. The molecule has 0 aliphatic carbocycles. The fourth-order valence-electron chi connectivity index (χ4n) is 2.61. The zero-order valence-electron chi connectivity index (χ0n) is 12.9. The summed E-state index contributed by atoms with van der Waals surface area (Å²) in [6.45, 7) is 0.536. The molecular formula is C17H17N3O3S. The number of benzene rings is 1. The van der Waals surface area contributed by atoms with Crippen LogP contribution in [0.5, 0.6) is 0 Å². The van der Waals surface area contributed by atoms with E-state index in [1.54, 1.807) is 23.1 Å². The number of oxime groups is 1. The SMILES string of the molecule is NC(=NOC(=O)C1CCCN1C(=O)c1cccs1)c1ccccc1. The van der Waals surface area contributed by atoms with Crippen LogP contribution in [0.3, 0.4) is 0 Å². The summed E-state index contributed by atoms with van der Waals surface area (Å²) < 4.78 is 0. The van der Waals surface area contributed by atoms with Gasteiger partial charge in [-0.1, -0.05) is 41.6 Å². The van der Waals surface area contributed by atoms with Crippen molar-refractivity contribution in [3.63, 3.8) is 0 Å². The van der Waals surface area contributed by atoms with Gasteiger partial charge in [0.05, 0.1) is 4.88 Å². The van der Waals surface area contributed by atoms with E-state index in [0.29, 0.717) is 23.4 Å². The molecule has 1 unspecified atom stereocenters. The maximum atomic E-state index is 12.5. The van der Waals surface area contributed by atoms with Crippen molar-refractivity contribution in [1.29, 1.82) is 0 Å². The van der Waals surface area contributed by atoms with Crippen molar-refractivity contribution < 1.29 is 14.4 Å². The fraction of sp³-hybridized carbons (Fsp3) is 0.235. The molecule has 3 rings (SSSR count). The highest BCUT2D eigenvalue weighted by Gasteiger charge is 2.36. The van der Waals surface area contributed by atoms with Crippen LogP contribution in [-0.2, 0) is 9.63 Å². The molecule has 0 radical (unpaired) electrons. The molecule has 1 atom stereocenters. The molecule has 1 aliphatic heterocycles. The Labute approximate surface area is 143 Å². The number of carbonyl (C=O) groups is 2. The molecule has 1 fully saturated rings. The van der Waals surface area contributed by atoms with Crippen LogP contribution in [0.4, 0.5) is 0 Å². The van der Waals surface area contributed by atoms with E-state index in [0.717, 1.165) is 6.42 Å². The molecule has 1 aromatic heterocycles. The van der Waals surface area contributed by atoms with Gasteiger partial charge < -0.3 is 15.5 Å². The van der Waals surface area contributed by atoms with Gasteiger partial charge in [-0.2, -0.15) is 0 Å². The lowest BCUT2D eigenvalue weighted by Crippen LogP contribution is -2.40. The van der Waals surface area contributed by atoms with Crippen LogP contribution in [0.2, 0.25) is 0 Å². The first-order valence-electron chi connectivity index (χ1n) is 7.61. The topological polar surface area (TPSA) is 85.0 Å². The molecule has 1 aromatic carbocycles. The van der Waals surface area contributed by atoms with Crippen LogP contribution in [0.1, 0.15) is 28.1 Å². The average molecular weight is 343 g/mol. The highest BCUT2D eigenvalue weighted by Crippen LogP contribution is 2.23. The lowest BCUT2D eigenvalue weighted by atomic mass is 10.2. The second-order valence-corrected chi connectivity index (χ2v) is 6.33. The average Bonchev–Trinajstić information content (AvgIpc) is 3.31. The Bertz CT molecular complexity index is 744. The first-order valence-corrected chi connectivity index (χ1v) is 8.49. The summed E-state index contributed by atoms with van der Waals surface area (Å²) in [5, 5.41) is 5.54. The molecule has 0 saturated carbocycles. The van der Waals surface area contributed by atoms with Gasteiger partial charge in [-0.15, -0.1) is 11.3 Å². The molecule has 0 bridgehead atoms. The lowest BCUT2D eigenvalue weighted by Gasteiger charge is -2.21. The molecule has 7 heteroatoms. The Morgan fingerprint density at radius 3 is 2.71 bits per heavy atom. The van der Waals surface area contributed by atoms with Crippen LogP contribution in [0, 0.1) is 0 Å². The Kier molecular flexibility index (Phi) is 4.90. The number of nitrogens with two attached hydrogens (primary N) is 1. The number of carbonyl (C=O) groups excluding carboxylic acids is 2. The van der Waals surface area contributed by atoms with Crippen LogP contribution < -0.4 is 5.73 Å². The van der Waals surface area contributed by atoms with E-state index < -0.39 is 12.0 Å². The third-order valence-electron chi connectivity index (χ3n) is 3.82. The normalized spacial score (nSPS) is 17.8. The predicted molar refractivity (Wildman–Crippen MR) is 91.6 cm³/mol. The molecule has 2 N–H and O–H groups in total. The lowest BCUT2D eigenvalue weighted by molar-refractivity contribution is -0.148. The summed E-state index contributed by atoms with van der Waals surface area (Å²) in [6, 6.07) is 12.0. The van der Waals surface area contributed by atoms with Gasteiger partial charge in [0.15, 0.2) is 5.84 Å².